The molecule has 6 heteroatoms. The molecule has 19 heavy (non-hydrogen) atoms. The molecule has 1 unspecified atom stereocenters. The third kappa shape index (κ3) is 2.69. The van der Waals surface area contributed by atoms with E-state index < -0.39 is 0 Å². The molecule has 0 aliphatic carbocycles. The Morgan fingerprint density at radius 2 is 2.26 bits per heavy atom. The van der Waals surface area contributed by atoms with Crippen molar-refractivity contribution >= 4 is 44.3 Å². The van der Waals surface area contributed by atoms with Gasteiger partial charge in [0.05, 0.1) is 6.54 Å². The summed E-state index contributed by atoms with van der Waals surface area (Å²) in [5, 5.41) is 3.20. The van der Waals surface area contributed by atoms with Crippen LogP contribution in [0.15, 0.2) is 34.9 Å². The Morgan fingerprint density at radius 1 is 1.42 bits per heavy atom. The van der Waals surface area contributed by atoms with Crippen LogP contribution in [0, 0.1) is 9.39 Å². The molecule has 0 saturated carbocycles. The number of halogens is 3. The monoisotopic (exact) mass is 434 g/mol. The Hall–Kier alpha value is -0.890. The number of benzene rings is 1. The SMILES string of the molecule is Fc1ccc(I)c(C2CNc3ncc(Br)cc3O2)c1. The molecule has 1 atom stereocenters. The maximum Gasteiger partial charge on any atom is 0.169 e. The van der Waals surface area contributed by atoms with Crippen molar-refractivity contribution in [1.29, 1.82) is 0 Å². The van der Waals surface area contributed by atoms with Crippen molar-refractivity contribution in [3.63, 3.8) is 0 Å². The highest BCUT2D eigenvalue weighted by Crippen LogP contribution is 2.35. The molecule has 3 nitrogen and oxygen atoms in total. The number of fused-ring (bicyclic) bond motifs is 1. The van der Waals surface area contributed by atoms with Gasteiger partial charge in [0.1, 0.15) is 11.9 Å². The van der Waals surface area contributed by atoms with Gasteiger partial charge in [0.25, 0.3) is 0 Å². The molecule has 0 amide bonds. The van der Waals surface area contributed by atoms with E-state index in [2.05, 4.69) is 48.8 Å². The molecule has 3 rings (SSSR count). The van der Waals surface area contributed by atoms with E-state index in [0.717, 1.165) is 13.6 Å². The van der Waals surface area contributed by atoms with Gasteiger partial charge in [-0.25, -0.2) is 9.37 Å². The van der Waals surface area contributed by atoms with Gasteiger partial charge in [0.2, 0.25) is 0 Å². The minimum absolute atomic E-state index is 0.216. The van der Waals surface area contributed by atoms with Crippen LogP contribution in [0.4, 0.5) is 10.2 Å². The van der Waals surface area contributed by atoms with Crippen LogP contribution in [0.1, 0.15) is 11.7 Å². The number of pyridine rings is 1. The summed E-state index contributed by atoms with van der Waals surface area (Å²) in [6.45, 7) is 0.571. The lowest BCUT2D eigenvalue weighted by Crippen LogP contribution is -2.25. The first kappa shape index (κ1) is 13.1. The van der Waals surface area contributed by atoms with Crippen LogP contribution < -0.4 is 10.1 Å². The lowest BCUT2D eigenvalue weighted by atomic mass is 10.1. The molecular formula is C13H9BrFIN2O. The van der Waals surface area contributed by atoms with Crippen LogP contribution in [0.3, 0.4) is 0 Å². The van der Waals surface area contributed by atoms with Gasteiger partial charge in [-0.15, -0.1) is 0 Å². The molecule has 2 aromatic rings. The topological polar surface area (TPSA) is 34.2 Å². The molecule has 0 spiro atoms. The standard InChI is InChI=1S/C13H9BrFIN2O/c14-7-3-11-13(17-5-7)18-6-12(19-11)9-4-8(15)1-2-10(9)16/h1-5,12H,6H2,(H,17,18). The van der Waals surface area contributed by atoms with Gasteiger partial charge in [0.15, 0.2) is 11.6 Å². The predicted octanol–water partition coefficient (Wildman–Crippen LogP) is 4.13. The number of nitrogens with one attached hydrogen (secondary N) is 1. The fourth-order valence-corrected chi connectivity index (χ4v) is 2.96. The summed E-state index contributed by atoms with van der Waals surface area (Å²) in [7, 11) is 0. The van der Waals surface area contributed by atoms with Gasteiger partial charge in [-0.2, -0.15) is 0 Å². The number of hydrogen-bond acceptors (Lipinski definition) is 3. The Bertz CT molecular complexity index is 638. The zero-order valence-electron chi connectivity index (χ0n) is 9.66. The quantitative estimate of drug-likeness (QED) is 0.685. The van der Waals surface area contributed by atoms with E-state index in [-0.39, 0.29) is 11.9 Å². The van der Waals surface area contributed by atoms with Crippen LogP contribution >= 0.6 is 38.5 Å². The summed E-state index contributed by atoms with van der Waals surface area (Å²) in [6, 6.07) is 6.58. The highest BCUT2D eigenvalue weighted by molar-refractivity contribution is 14.1. The lowest BCUT2D eigenvalue weighted by molar-refractivity contribution is 0.207. The number of nitrogens with zero attached hydrogens (tertiary/aromatic N) is 1. The van der Waals surface area contributed by atoms with Crippen LogP contribution in [0.5, 0.6) is 5.75 Å². The fourth-order valence-electron chi connectivity index (χ4n) is 1.96. The van der Waals surface area contributed by atoms with Crippen molar-refractivity contribution in [2.45, 2.75) is 6.10 Å². The Labute approximate surface area is 131 Å². The first-order valence-electron chi connectivity index (χ1n) is 5.64. The number of hydrogen-bond donors (Lipinski definition) is 1. The van der Waals surface area contributed by atoms with Crippen molar-refractivity contribution in [3.8, 4) is 5.75 Å². The first-order chi connectivity index (χ1) is 9.13. The van der Waals surface area contributed by atoms with E-state index in [1.165, 1.54) is 12.1 Å². The third-order valence-electron chi connectivity index (χ3n) is 2.85. The van der Waals surface area contributed by atoms with Crippen LogP contribution in [0.25, 0.3) is 0 Å². The second-order valence-corrected chi connectivity index (χ2v) is 6.23. The summed E-state index contributed by atoms with van der Waals surface area (Å²) >= 11 is 5.55. The molecule has 98 valence electrons. The minimum Gasteiger partial charge on any atom is -0.480 e. The van der Waals surface area contributed by atoms with Crippen molar-refractivity contribution in [2.75, 3.05) is 11.9 Å². The molecule has 1 aliphatic heterocycles. The van der Waals surface area contributed by atoms with Gasteiger partial charge in [-0.3, -0.25) is 0 Å². The van der Waals surface area contributed by atoms with Crippen molar-refractivity contribution in [2.24, 2.45) is 0 Å². The van der Waals surface area contributed by atoms with Crippen LogP contribution in [-0.4, -0.2) is 11.5 Å². The maximum atomic E-state index is 13.4. The molecule has 1 N–H and O–H groups in total. The first-order valence-corrected chi connectivity index (χ1v) is 7.51. The van der Waals surface area contributed by atoms with Crippen LogP contribution in [0.2, 0.25) is 0 Å². The smallest absolute Gasteiger partial charge is 0.169 e. The molecule has 0 saturated heterocycles. The van der Waals surface area contributed by atoms with Gasteiger partial charge < -0.3 is 10.1 Å². The Kier molecular flexibility index (Phi) is 3.62. The van der Waals surface area contributed by atoms with E-state index in [1.54, 1.807) is 12.3 Å². The van der Waals surface area contributed by atoms with E-state index >= 15 is 0 Å². The maximum absolute atomic E-state index is 13.4. The van der Waals surface area contributed by atoms with Crippen molar-refractivity contribution in [3.05, 3.63) is 49.9 Å². The van der Waals surface area contributed by atoms with E-state index in [0.29, 0.717) is 18.1 Å². The summed E-state index contributed by atoms with van der Waals surface area (Å²) in [4.78, 5) is 4.23. The molecule has 1 aliphatic rings. The van der Waals surface area contributed by atoms with Gasteiger partial charge in [-0.1, -0.05) is 0 Å². The number of ether oxygens (including phenoxy) is 1. The number of rotatable bonds is 1. The minimum atomic E-state index is -0.253. The molecule has 1 aromatic carbocycles. The zero-order valence-corrected chi connectivity index (χ0v) is 13.4. The predicted molar refractivity (Wildman–Crippen MR) is 82.9 cm³/mol. The Balaban J connectivity index is 1.95. The van der Waals surface area contributed by atoms with Gasteiger partial charge in [-0.05, 0) is 62.8 Å². The summed E-state index contributed by atoms with van der Waals surface area (Å²) in [5.41, 5.74) is 0.846. The molecular weight excluding hydrogens is 426 g/mol. The summed E-state index contributed by atoms with van der Waals surface area (Å²) < 4.78 is 21.1. The second-order valence-electron chi connectivity index (χ2n) is 4.15. The van der Waals surface area contributed by atoms with E-state index in [1.807, 2.05) is 6.07 Å². The summed E-state index contributed by atoms with van der Waals surface area (Å²) in [6.07, 6.45) is 1.49. The molecule has 0 fully saturated rings. The normalized spacial score (nSPS) is 17.3. The average Bonchev–Trinajstić information content (AvgIpc) is 2.40. The average molecular weight is 435 g/mol. The van der Waals surface area contributed by atoms with Crippen molar-refractivity contribution in [1.82, 2.24) is 4.98 Å². The largest absolute Gasteiger partial charge is 0.480 e. The third-order valence-corrected chi connectivity index (χ3v) is 4.26. The van der Waals surface area contributed by atoms with E-state index in [4.69, 9.17) is 4.74 Å². The second kappa shape index (κ2) is 5.24. The van der Waals surface area contributed by atoms with Gasteiger partial charge in [0, 0.05) is 19.8 Å². The highest BCUT2D eigenvalue weighted by Gasteiger charge is 2.24. The van der Waals surface area contributed by atoms with Crippen LogP contribution in [-0.2, 0) is 0 Å². The van der Waals surface area contributed by atoms with Crippen molar-refractivity contribution < 1.29 is 9.13 Å². The lowest BCUT2D eigenvalue weighted by Gasteiger charge is -2.27. The number of anilines is 1. The fraction of sp³-hybridized carbons (Fsp3) is 0.154. The molecule has 1 aromatic heterocycles. The molecule has 2 heterocycles. The number of aromatic nitrogens is 1. The zero-order chi connectivity index (χ0) is 13.4. The Morgan fingerprint density at radius 3 is 3.11 bits per heavy atom. The molecule has 0 radical (unpaired) electrons. The molecule has 0 bridgehead atoms. The highest BCUT2D eigenvalue weighted by atomic mass is 127. The summed E-state index contributed by atoms with van der Waals surface area (Å²) in [5.74, 6) is 1.13. The van der Waals surface area contributed by atoms with E-state index in [9.17, 15) is 4.39 Å². The van der Waals surface area contributed by atoms with Gasteiger partial charge >= 0.3 is 0 Å².